The summed E-state index contributed by atoms with van der Waals surface area (Å²) in [7, 11) is 0. The summed E-state index contributed by atoms with van der Waals surface area (Å²) >= 11 is 13.6. The number of aromatic nitrogens is 1. The molecule has 0 aliphatic carbocycles. The summed E-state index contributed by atoms with van der Waals surface area (Å²) in [5.74, 6) is 1.04. The van der Waals surface area contributed by atoms with E-state index in [0.29, 0.717) is 55.3 Å². The third kappa shape index (κ3) is 4.89. The Morgan fingerprint density at radius 1 is 1.08 bits per heavy atom. The maximum absolute atomic E-state index is 13.8. The van der Waals surface area contributed by atoms with Crippen LogP contribution in [0.4, 0.5) is 0 Å². The van der Waals surface area contributed by atoms with Gasteiger partial charge < -0.3 is 9.32 Å². The fraction of sp³-hybridized carbons (Fsp3) is 0.207. The van der Waals surface area contributed by atoms with Gasteiger partial charge in [-0.15, -0.1) is 0 Å². The number of hydrogen-bond acceptors (Lipinski definition) is 5. The predicted molar refractivity (Wildman–Crippen MR) is 152 cm³/mol. The van der Waals surface area contributed by atoms with Crippen molar-refractivity contribution in [2.45, 2.75) is 26.8 Å². The van der Waals surface area contributed by atoms with Crippen molar-refractivity contribution in [2.75, 3.05) is 13.1 Å². The lowest BCUT2D eigenvalue weighted by atomic mass is 9.94. The second-order valence-corrected chi connectivity index (χ2v) is 10.7. The normalized spacial score (nSPS) is 15.4. The van der Waals surface area contributed by atoms with Crippen LogP contribution >= 0.6 is 34.5 Å². The van der Waals surface area contributed by atoms with Crippen LogP contribution in [0.2, 0.25) is 10.0 Å². The van der Waals surface area contributed by atoms with Crippen molar-refractivity contribution in [1.29, 1.82) is 0 Å². The largest absolute Gasteiger partial charge is 0.457 e. The molecule has 0 saturated heterocycles. The molecule has 0 radical (unpaired) electrons. The van der Waals surface area contributed by atoms with E-state index in [1.807, 2.05) is 63.2 Å². The van der Waals surface area contributed by atoms with Gasteiger partial charge in [-0.1, -0.05) is 58.8 Å². The van der Waals surface area contributed by atoms with Gasteiger partial charge in [0.2, 0.25) is 0 Å². The minimum Gasteiger partial charge on any atom is -0.457 e. The molecular formula is C29H25Cl2N3O3S. The van der Waals surface area contributed by atoms with E-state index in [1.165, 1.54) is 11.3 Å². The van der Waals surface area contributed by atoms with Gasteiger partial charge in [0.05, 0.1) is 21.8 Å². The maximum atomic E-state index is 13.8. The number of furan rings is 1. The maximum Gasteiger partial charge on any atom is 0.271 e. The Morgan fingerprint density at radius 2 is 1.82 bits per heavy atom. The van der Waals surface area contributed by atoms with E-state index >= 15 is 0 Å². The summed E-state index contributed by atoms with van der Waals surface area (Å²) in [5, 5.41) is 1.19. The summed E-state index contributed by atoms with van der Waals surface area (Å²) < 4.78 is 8.07. The van der Waals surface area contributed by atoms with E-state index in [0.717, 1.165) is 11.1 Å². The Balaban J connectivity index is 1.65. The first-order valence-electron chi connectivity index (χ1n) is 12.2. The summed E-state index contributed by atoms with van der Waals surface area (Å²) in [6.07, 6.45) is 1.71. The summed E-state index contributed by atoms with van der Waals surface area (Å²) in [5.41, 5.74) is 2.46. The summed E-state index contributed by atoms with van der Waals surface area (Å²) in [6, 6.07) is 17.6. The van der Waals surface area contributed by atoms with Gasteiger partial charge in [0, 0.05) is 34.8 Å². The first-order chi connectivity index (χ1) is 18.3. The molecule has 0 spiro atoms. The number of amides is 1. The van der Waals surface area contributed by atoms with Crippen molar-refractivity contribution in [3.8, 4) is 11.3 Å². The predicted octanol–water partition coefficient (Wildman–Crippen LogP) is 5.67. The molecule has 2 aromatic heterocycles. The highest BCUT2D eigenvalue weighted by atomic mass is 35.5. The molecule has 0 fully saturated rings. The third-order valence-electron chi connectivity index (χ3n) is 6.50. The van der Waals surface area contributed by atoms with Gasteiger partial charge in [0.15, 0.2) is 4.80 Å². The number of carbonyl (C=O) groups is 1. The van der Waals surface area contributed by atoms with Crippen LogP contribution in [0.25, 0.3) is 17.4 Å². The summed E-state index contributed by atoms with van der Waals surface area (Å²) in [6.45, 7) is 6.80. The van der Waals surface area contributed by atoms with E-state index in [2.05, 4.69) is 0 Å². The second kappa shape index (κ2) is 10.8. The van der Waals surface area contributed by atoms with Crippen LogP contribution in [0.1, 0.15) is 38.1 Å². The van der Waals surface area contributed by atoms with Gasteiger partial charge in [-0.25, -0.2) is 4.99 Å². The molecule has 1 aliphatic rings. The van der Waals surface area contributed by atoms with E-state index in [-0.39, 0.29) is 11.5 Å². The van der Waals surface area contributed by atoms with Crippen molar-refractivity contribution in [3.05, 3.63) is 113 Å². The molecule has 3 heterocycles. The van der Waals surface area contributed by atoms with Crippen LogP contribution in [0, 0.1) is 0 Å². The number of nitrogens with zero attached hydrogens (tertiary/aromatic N) is 3. The van der Waals surface area contributed by atoms with Crippen LogP contribution in [-0.4, -0.2) is 28.5 Å². The molecule has 0 bridgehead atoms. The third-order valence-corrected chi connectivity index (χ3v) is 7.97. The lowest BCUT2D eigenvalue weighted by molar-refractivity contribution is -0.127. The number of fused-ring (bicyclic) bond motifs is 1. The Bertz CT molecular complexity index is 1730. The number of halogens is 2. The molecule has 9 heteroatoms. The molecule has 38 heavy (non-hydrogen) atoms. The van der Waals surface area contributed by atoms with Gasteiger partial charge in [0.1, 0.15) is 11.5 Å². The minimum absolute atomic E-state index is 0.136. The Kier molecular flexibility index (Phi) is 7.43. The highest BCUT2D eigenvalue weighted by Gasteiger charge is 2.34. The van der Waals surface area contributed by atoms with Crippen LogP contribution < -0.4 is 14.9 Å². The zero-order chi connectivity index (χ0) is 27.0. The molecule has 1 aliphatic heterocycles. The highest BCUT2D eigenvalue weighted by Crippen LogP contribution is 2.32. The zero-order valence-corrected chi connectivity index (χ0v) is 23.4. The quantitative estimate of drug-likeness (QED) is 0.302. The first kappa shape index (κ1) is 26.2. The fourth-order valence-electron chi connectivity index (χ4n) is 4.59. The van der Waals surface area contributed by atoms with Crippen LogP contribution in [0.15, 0.2) is 86.1 Å². The standard InChI is InChI=1S/C29H25Cl2N3O3S/c1-4-33(5-2)28(36)25-17(3)32-29-34(26(25)18-9-11-20(30)12-10-18)27(35)24(38-29)16-22-13-14-23(37-22)19-7-6-8-21(31)15-19/h6-16,26H,4-5H2,1-3H3/b24-16+/t26-/m0/s1. The molecule has 0 unspecified atom stereocenters. The smallest absolute Gasteiger partial charge is 0.271 e. The fourth-order valence-corrected chi connectivity index (χ4v) is 5.94. The van der Waals surface area contributed by atoms with Gasteiger partial charge >= 0.3 is 0 Å². The van der Waals surface area contributed by atoms with Gasteiger partial charge in [-0.3, -0.25) is 14.2 Å². The molecule has 0 N–H and O–H groups in total. The average Bonchev–Trinajstić information content (AvgIpc) is 3.49. The van der Waals surface area contributed by atoms with Crippen molar-refractivity contribution < 1.29 is 9.21 Å². The number of rotatable bonds is 6. The minimum atomic E-state index is -0.627. The van der Waals surface area contributed by atoms with Crippen LogP contribution in [-0.2, 0) is 4.79 Å². The van der Waals surface area contributed by atoms with Crippen molar-refractivity contribution in [1.82, 2.24) is 9.47 Å². The van der Waals surface area contributed by atoms with Crippen molar-refractivity contribution >= 4 is 46.5 Å². The van der Waals surface area contributed by atoms with Gasteiger partial charge in [-0.2, -0.15) is 0 Å². The van der Waals surface area contributed by atoms with E-state index in [1.54, 1.807) is 33.7 Å². The van der Waals surface area contributed by atoms with Crippen LogP contribution in [0.5, 0.6) is 0 Å². The number of thiazole rings is 1. The molecular weight excluding hydrogens is 541 g/mol. The van der Waals surface area contributed by atoms with E-state index in [9.17, 15) is 9.59 Å². The van der Waals surface area contributed by atoms with Crippen molar-refractivity contribution in [2.24, 2.45) is 4.99 Å². The van der Waals surface area contributed by atoms with Crippen LogP contribution in [0.3, 0.4) is 0 Å². The van der Waals surface area contributed by atoms with E-state index < -0.39 is 6.04 Å². The summed E-state index contributed by atoms with van der Waals surface area (Å²) in [4.78, 5) is 34.4. The second-order valence-electron chi connectivity index (χ2n) is 8.82. The molecule has 2 aromatic carbocycles. The van der Waals surface area contributed by atoms with Gasteiger partial charge in [0.25, 0.3) is 11.5 Å². The molecule has 5 rings (SSSR count). The molecule has 6 nitrogen and oxygen atoms in total. The molecule has 0 saturated carbocycles. The first-order valence-corrected chi connectivity index (χ1v) is 13.8. The van der Waals surface area contributed by atoms with Gasteiger partial charge in [-0.05, 0) is 62.7 Å². The lowest BCUT2D eigenvalue weighted by Crippen LogP contribution is -2.43. The lowest BCUT2D eigenvalue weighted by Gasteiger charge is -2.29. The molecule has 194 valence electrons. The number of benzene rings is 2. The monoisotopic (exact) mass is 565 g/mol. The number of carbonyl (C=O) groups excluding carboxylic acids is 1. The zero-order valence-electron chi connectivity index (χ0n) is 21.1. The molecule has 4 aromatic rings. The highest BCUT2D eigenvalue weighted by molar-refractivity contribution is 7.07. The van der Waals surface area contributed by atoms with E-state index in [4.69, 9.17) is 32.6 Å². The Morgan fingerprint density at radius 3 is 2.50 bits per heavy atom. The SMILES string of the molecule is CCN(CC)C(=O)C1=C(C)N=c2s/c(=C/c3ccc(-c4cccc(Cl)c4)o3)c(=O)n2[C@H]1c1ccc(Cl)cc1. The number of allylic oxidation sites excluding steroid dienone is 1. The number of hydrogen-bond donors (Lipinski definition) is 0. The Hall–Kier alpha value is -3.39. The molecule has 1 amide bonds. The molecule has 1 atom stereocenters. The average molecular weight is 567 g/mol. The topological polar surface area (TPSA) is 67.8 Å². The Labute approximate surface area is 233 Å². The van der Waals surface area contributed by atoms with Crippen molar-refractivity contribution in [3.63, 3.8) is 0 Å². The number of likely N-dealkylation sites (N-methyl/N-ethyl adjacent to an activating group) is 1.